The summed E-state index contributed by atoms with van der Waals surface area (Å²) in [5, 5.41) is 20.8. The van der Waals surface area contributed by atoms with Gasteiger partial charge in [-0.15, -0.1) is 0 Å². The molecule has 4 nitrogen and oxygen atoms in total. The van der Waals surface area contributed by atoms with E-state index in [0.717, 1.165) is 6.07 Å². The van der Waals surface area contributed by atoms with Gasteiger partial charge in [-0.05, 0) is 25.1 Å². The molecule has 1 atom stereocenters. The fourth-order valence-corrected chi connectivity index (χ4v) is 1.27. The number of hydrogen-bond acceptors (Lipinski definition) is 4. The van der Waals surface area contributed by atoms with Crippen molar-refractivity contribution in [1.29, 1.82) is 5.26 Å². The summed E-state index contributed by atoms with van der Waals surface area (Å²) >= 11 is 0. The molecular weight excluding hydrogens is 223 g/mol. The van der Waals surface area contributed by atoms with Crippen LogP contribution in [0.5, 0.6) is 0 Å². The van der Waals surface area contributed by atoms with Crippen molar-refractivity contribution in [1.82, 2.24) is 0 Å². The normalized spacial score (nSPS) is 11.9. The molecule has 0 aliphatic rings. The van der Waals surface area contributed by atoms with Gasteiger partial charge in [0.1, 0.15) is 5.82 Å². The average molecular weight is 238 g/mol. The SMILES string of the molecule is CCOCC(O)CNc1ccc(C#N)cc1F. The van der Waals surface area contributed by atoms with E-state index in [2.05, 4.69) is 5.32 Å². The number of anilines is 1. The van der Waals surface area contributed by atoms with E-state index in [1.54, 1.807) is 0 Å². The van der Waals surface area contributed by atoms with Crippen LogP contribution in [-0.4, -0.2) is 31.0 Å². The summed E-state index contributed by atoms with van der Waals surface area (Å²) in [4.78, 5) is 0. The fraction of sp³-hybridized carbons (Fsp3) is 0.417. The molecule has 0 saturated heterocycles. The van der Waals surface area contributed by atoms with Crippen molar-refractivity contribution in [2.45, 2.75) is 13.0 Å². The Labute approximate surface area is 99.6 Å². The number of aliphatic hydroxyl groups excluding tert-OH is 1. The Morgan fingerprint density at radius 3 is 2.94 bits per heavy atom. The predicted octanol–water partition coefficient (Wildman–Crippen LogP) is 1.51. The lowest BCUT2D eigenvalue weighted by atomic mass is 10.2. The molecule has 0 amide bonds. The summed E-state index contributed by atoms with van der Waals surface area (Å²) in [6, 6.07) is 5.99. The fourth-order valence-electron chi connectivity index (χ4n) is 1.27. The van der Waals surface area contributed by atoms with Crippen molar-refractivity contribution in [3.05, 3.63) is 29.6 Å². The highest BCUT2D eigenvalue weighted by atomic mass is 19.1. The maximum atomic E-state index is 13.4. The monoisotopic (exact) mass is 238 g/mol. The first-order valence-corrected chi connectivity index (χ1v) is 5.36. The van der Waals surface area contributed by atoms with E-state index >= 15 is 0 Å². The topological polar surface area (TPSA) is 65.3 Å². The van der Waals surface area contributed by atoms with Gasteiger partial charge in [-0.25, -0.2) is 4.39 Å². The number of nitriles is 1. The van der Waals surface area contributed by atoms with E-state index in [1.807, 2.05) is 13.0 Å². The number of hydrogen-bond donors (Lipinski definition) is 2. The number of nitrogens with zero attached hydrogens (tertiary/aromatic N) is 1. The highest BCUT2D eigenvalue weighted by Gasteiger charge is 2.07. The van der Waals surface area contributed by atoms with Gasteiger partial charge in [-0.1, -0.05) is 0 Å². The number of nitrogens with one attached hydrogen (secondary N) is 1. The van der Waals surface area contributed by atoms with E-state index in [0.29, 0.717) is 6.61 Å². The van der Waals surface area contributed by atoms with Crippen LogP contribution in [0.25, 0.3) is 0 Å². The van der Waals surface area contributed by atoms with Gasteiger partial charge in [0, 0.05) is 13.2 Å². The number of halogens is 1. The van der Waals surface area contributed by atoms with Crippen LogP contribution in [-0.2, 0) is 4.74 Å². The summed E-state index contributed by atoms with van der Waals surface area (Å²) in [6.07, 6.45) is -0.690. The minimum Gasteiger partial charge on any atom is -0.389 e. The van der Waals surface area contributed by atoms with Gasteiger partial charge in [0.25, 0.3) is 0 Å². The molecule has 0 spiro atoms. The maximum absolute atomic E-state index is 13.4. The quantitative estimate of drug-likeness (QED) is 0.788. The third kappa shape index (κ3) is 4.39. The molecule has 0 saturated carbocycles. The van der Waals surface area contributed by atoms with Gasteiger partial charge in [-0.3, -0.25) is 0 Å². The van der Waals surface area contributed by atoms with Gasteiger partial charge in [0.05, 0.1) is 30.0 Å². The molecule has 0 aliphatic carbocycles. The minimum absolute atomic E-state index is 0.197. The third-order valence-electron chi connectivity index (χ3n) is 2.14. The zero-order chi connectivity index (χ0) is 12.7. The van der Waals surface area contributed by atoms with E-state index in [9.17, 15) is 9.50 Å². The van der Waals surface area contributed by atoms with Gasteiger partial charge in [-0.2, -0.15) is 5.26 Å². The van der Waals surface area contributed by atoms with Crippen LogP contribution < -0.4 is 5.32 Å². The molecule has 1 aromatic rings. The lowest BCUT2D eigenvalue weighted by Gasteiger charge is -2.13. The standard InChI is InChI=1S/C12H15FN2O2/c1-2-17-8-10(16)7-15-12-4-3-9(6-14)5-11(12)13/h3-5,10,15-16H,2,7-8H2,1H3. The molecule has 5 heteroatoms. The third-order valence-corrected chi connectivity index (χ3v) is 2.14. The van der Waals surface area contributed by atoms with Crippen LogP contribution in [0.4, 0.5) is 10.1 Å². The summed E-state index contributed by atoms with van der Waals surface area (Å²) in [7, 11) is 0. The summed E-state index contributed by atoms with van der Waals surface area (Å²) in [6.45, 7) is 2.77. The number of benzene rings is 1. The van der Waals surface area contributed by atoms with Crippen molar-refractivity contribution in [3.63, 3.8) is 0 Å². The Morgan fingerprint density at radius 2 is 2.35 bits per heavy atom. The van der Waals surface area contributed by atoms with Crippen LogP contribution in [0, 0.1) is 17.1 Å². The zero-order valence-electron chi connectivity index (χ0n) is 9.61. The van der Waals surface area contributed by atoms with Gasteiger partial charge in [0.2, 0.25) is 0 Å². The molecule has 0 fully saturated rings. The molecule has 0 aromatic heterocycles. The first-order chi connectivity index (χ1) is 8.17. The van der Waals surface area contributed by atoms with Crippen molar-refractivity contribution >= 4 is 5.69 Å². The second-order valence-electron chi connectivity index (χ2n) is 3.50. The average Bonchev–Trinajstić information content (AvgIpc) is 2.34. The van der Waals surface area contributed by atoms with Crippen LogP contribution in [0.3, 0.4) is 0 Å². The molecule has 0 heterocycles. The molecule has 0 bridgehead atoms. The molecule has 1 rings (SSSR count). The summed E-state index contributed by atoms with van der Waals surface area (Å²) < 4.78 is 18.4. The number of ether oxygens (including phenoxy) is 1. The molecule has 2 N–H and O–H groups in total. The summed E-state index contributed by atoms with van der Waals surface area (Å²) in [5.41, 5.74) is 0.530. The highest BCUT2D eigenvalue weighted by molar-refractivity contribution is 5.48. The Bertz CT molecular complexity index is 404. The second kappa shape index (κ2) is 6.84. The minimum atomic E-state index is -0.690. The van der Waals surface area contributed by atoms with Crippen molar-refractivity contribution in [2.24, 2.45) is 0 Å². The first-order valence-electron chi connectivity index (χ1n) is 5.36. The molecule has 0 radical (unpaired) electrons. The van der Waals surface area contributed by atoms with E-state index in [1.165, 1.54) is 12.1 Å². The maximum Gasteiger partial charge on any atom is 0.147 e. The van der Waals surface area contributed by atoms with Gasteiger partial charge in [0.15, 0.2) is 0 Å². The highest BCUT2D eigenvalue weighted by Crippen LogP contribution is 2.15. The van der Waals surface area contributed by atoms with Gasteiger partial charge < -0.3 is 15.2 Å². The Balaban J connectivity index is 2.49. The lowest BCUT2D eigenvalue weighted by Crippen LogP contribution is -2.25. The van der Waals surface area contributed by atoms with Crippen LogP contribution in [0.1, 0.15) is 12.5 Å². The van der Waals surface area contributed by atoms with Crippen LogP contribution >= 0.6 is 0 Å². The number of aliphatic hydroxyl groups is 1. The zero-order valence-corrected chi connectivity index (χ0v) is 9.61. The Kier molecular flexibility index (Phi) is 5.40. The molecule has 0 aliphatic heterocycles. The lowest BCUT2D eigenvalue weighted by molar-refractivity contribution is 0.0495. The largest absolute Gasteiger partial charge is 0.389 e. The van der Waals surface area contributed by atoms with Crippen LogP contribution in [0.15, 0.2) is 18.2 Å². The van der Waals surface area contributed by atoms with E-state index < -0.39 is 11.9 Å². The Morgan fingerprint density at radius 1 is 1.59 bits per heavy atom. The van der Waals surface area contributed by atoms with Crippen LogP contribution in [0.2, 0.25) is 0 Å². The first kappa shape index (κ1) is 13.4. The van der Waals surface area contributed by atoms with Crippen molar-refractivity contribution < 1.29 is 14.2 Å². The Hall–Kier alpha value is -1.64. The van der Waals surface area contributed by atoms with E-state index in [4.69, 9.17) is 10.00 Å². The molecule has 1 unspecified atom stereocenters. The molecule has 1 aromatic carbocycles. The molecular formula is C12H15FN2O2. The molecule has 92 valence electrons. The van der Waals surface area contributed by atoms with Crippen molar-refractivity contribution in [2.75, 3.05) is 25.1 Å². The van der Waals surface area contributed by atoms with Crippen molar-refractivity contribution in [3.8, 4) is 6.07 Å². The number of rotatable bonds is 6. The summed E-state index contributed by atoms with van der Waals surface area (Å²) in [5.74, 6) is -0.507. The van der Waals surface area contributed by atoms with Gasteiger partial charge >= 0.3 is 0 Å². The molecule has 17 heavy (non-hydrogen) atoms. The smallest absolute Gasteiger partial charge is 0.147 e. The van der Waals surface area contributed by atoms with E-state index in [-0.39, 0.29) is 24.4 Å². The predicted molar refractivity (Wildman–Crippen MR) is 62.1 cm³/mol. The second-order valence-corrected chi connectivity index (χ2v) is 3.50.